The van der Waals surface area contributed by atoms with Gasteiger partial charge in [-0.1, -0.05) is 6.07 Å². The van der Waals surface area contributed by atoms with Crippen LogP contribution in [0, 0.1) is 0 Å². The third-order valence-corrected chi connectivity index (χ3v) is 2.93. The quantitative estimate of drug-likeness (QED) is 0.862. The highest BCUT2D eigenvalue weighted by Crippen LogP contribution is 2.32. The number of nitrogens with one attached hydrogen (secondary N) is 2. The molecular weight excluding hydrogens is 256 g/mol. The van der Waals surface area contributed by atoms with Crippen LogP contribution in [0.3, 0.4) is 0 Å². The predicted molar refractivity (Wildman–Crippen MR) is 76.8 cm³/mol. The number of fused-ring (bicyclic) bond motifs is 1. The summed E-state index contributed by atoms with van der Waals surface area (Å²) in [5.41, 5.74) is 1.05. The number of hydrogen-bond acceptors (Lipinski definition) is 4. The van der Waals surface area contributed by atoms with E-state index in [2.05, 4.69) is 31.4 Å². The molecule has 1 aromatic carbocycles. The van der Waals surface area contributed by atoms with Crippen LogP contribution in [0.4, 0.5) is 0 Å². The van der Waals surface area contributed by atoms with Crippen LogP contribution in [0.5, 0.6) is 11.5 Å². The van der Waals surface area contributed by atoms with E-state index in [4.69, 9.17) is 9.47 Å². The Balaban J connectivity index is 1.73. The second-order valence-electron chi connectivity index (χ2n) is 5.89. The van der Waals surface area contributed by atoms with E-state index in [1.807, 2.05) is 18.2 Å². The number of ether oxygens (including phenoxy) is 2. The smallest absolute Gasteiger partial charge is 0.231 e. The van der Waals surface area contributed by atoms with E-state index in [1.165, 1.54) is 0 Å². The van der Waals surface area contributed by atoms with Crippen LogP contribution in [0.1, 0.15) is 32.8 Å². The molecule has 0 saturated heterocycles. The molecule has 5 heteroatoms. The van der Waals surface area contributed by atoms with Crippen molar-refractivity contribution in [3.63, 3.8) is 0 Å². The molecule has 0 aromatic heterocycles. The van der Waals surface area contributed by atoms with E-state index in [0.29, 0.717) is 19.5 Å². The number of rotatable bonds is 5. The first-order chi connectivity index (χ1) is 9.44. The molecule has 0 fully saturated rings. The highest BCUT2D eigenvalue weighted by molar-refractivity contribution is 5.76. The Bertz CT molecular complexity index is 480. The molecule has 110 valence electrons. The molecule has 1 aromatic rings. The van der Waals surface area contributed by atoms with E-state index < -0.39 is 0 Å². The SMILES string of the molecule is CC(C)(C)NCCC(=O)NCc1ccc2c(c1)OCO2. The summed E-state index contributed by atoms with van der Waals surface area (Å²) in [6.07, 6.45) is 0.474. The topological polar surface area (TPSA) is 59.6 Å². The lowest BCUT2D eigenvalue weighted by Crippen LogP contribution is -2.38. The van der Waals surface area contributed by atoms with E-state index in [-0.39, 0.29) is 18.2 Å². The molecule has 0 atom stereocenters. The summed E-state index contributed by atoms with van der Waals surface area (Å²) < 4.78 is 10.5. The van der Waals surface area contributed by atoms with Gasteiger partial charge in [-0.3, -0.25) is 4.79 Å². The zero-order chi connectivity index (χ0) is 14.6. The van der Waals surface area contributed by atoms with Crippen molar-refractivity contribution in [3.05, 3.63) is 23.8 Å². The maximum atomic E-state index is 11.7. The molecule has 1 heterocycles. The van der Waals surface area contributed by atoms with E-state index >= 15 is 0 Å². The average Bonchev–Trinajstić information content (AvgIpc) is 2.82. The molecular formula is C15H22N2O3. The van der Waals surface area contributed by atoms with Gasteiger partial charge in [0.05, 0.1) is 0 Å². The molecule has 0 aliphatic carbocycles. The Morgan fingerprint density at radius 3 is 2.75 bits per heavy atom. The maximum Gasteiger partial charge on any atom is 0.231 e. The van der Waals surface area contributed by atoms with Crippen LogP contribution in [0.2, 0.25) is 0 Å². The van der Waals surface area contributed by atoms with Crippen molar-refractivity contribution in [2.75, 3.05) is 13.3 Å². The molecule has 5 nitrogen and oxygen atoms in total. The fourth-order valence-electron chi connectivity index (χ4n) is 1.89. The van der Waals surface area contributed by atoms with Crippen molar-refractivity contribution < 1.29 is 14.3 Å². The average molecular weight is 278 g/mol. The van der Waals surface area contributed by atoms with Crippen LogP contribution in [0.25, 0.3) is 0 Å². The molecule has 20 heavy (non-hydrogen) atoms. The second-order valence-corrected chi connectivity index (χ2v) is 5.89. The summed E-state index contributed by atoms with van der Waals surface area (Å²) in [6.45, 7) is 7.69. The zero-order valence-electron chi connectivity index (χ0n) is 12.3. The fourth-order valence-corrected chi connectivity index (χ4v) is 1.89. The van der Waals surface area contributed by atoms with Gasteiger partial charge in [0.15, 0.2) is 11.5 Å². The minimum absolute atomic E-state index is 0.0393. The minimum Gasteiger partial charge on any atom is -0.454 e. The number of carbonyl (C=O) groups excluding carboxylic acids is 1. The summed E-state index contributed by atoms with van der Waals surface area (Å²) in [5, 5.41) is 6.19. The molecule has 0 saturated carbocycles. The molecule has 0 bridgehead atoms. The van der Waals surface area contributed by atoms with Gasteiger partial charge in [-0.05, 0) is 38.5 Å². The largest absolute Gasteiger partial charge is 0.454 e. The number of carbonyl (C=O) groups is 1. The predicted octanol–water partition coefficient (Wildman–Crippen LogP) is 1.81. The lowest BCUT2D eigenvalue weighted by molar-refractivity contribution is -0.121. The van der Waals surface area contributed by atoms with Crippen molar-refractivity contribution in [2.24, 2.45) is 0 Å². The summed E-state index contributed by atoms with van der Waals surface area (Å²) in [6, 6.07) is 5.70. The van der Waals surface area contributed by atoms with Crippen LogP contribution in [0.15, 0.2) is 18.2 Å². The van der Waals surface area contributed by atoms with Gasteiger partial charge in [0, 0.05) is 25.0 Å². The Kier molecular flexibility index (Phi) is 4.49. The second kappa shape index (κ2) is 6.13. The minimum atomic E-state index is 0.0393. The van der Waals surface area contributed by atoms with Gasteiger partial charge in [0.2, 0.25) is 12.7 Å². The van der Waals surface area contributed by atoms with Gasteiger partial charge in [-0.2, -0.15) is 0 Å². The van der Waals surface area contributed by atoms with Gasteiger partial charge in [0.1, 0.15) is 0 Å². The third kappa shape index (κ3) is 4.42. The molecule has 1 aliphatic rings. The lowest BCUT2D eigenvalue weighted by Gasteiger charge is -2.20. The Labute approximate surface area is 119 Å². The van der Waals surface area contributed by atoms with Crippen molar-refractivity contribution in [1.29, 1.82) is 0 Å². The van der Waals surface area contributed by atoms with Crippen LogP contribution >= 0.6 is 0 Å². The number of amides is 1. The normalized spacial score (nSPS) is 13.3. The lowest BCUT2D eigenvalue weighted by atomic mass is 10.1. The van der Waals surface area contributed by atoms with Crippen molar-refractivity contribution in [2.45, 2.75) is 39.3 Å². The molecule has 1 amide bonds. The summed E-state index contributed by atoms with van der Waals surface area (Å²) in [4.78, 5) is 11.7. The van der Waals surface area contributed by atoms with Gasteiger partial charge in [-0.25, -0.2) is 0 Å². The van der Waals surface area contributed by atoms with Crippen LogP contribution in [-0.4, -0.2) is 24.8 Å². The molecule has 1 aliphatic heterocycles. The maximum absolute atomic E-state index is 11.7. The highest BCUT2D eigenvalue weighted by Gasteiger charge is 2.13. The summed E-state index contributed by atoms with van der Waals surface area (Å²) in [7, 11) is 0. The van der Waals surface area contributed by atoms with E-state index in [0.717, 1.165) is 17.1 Å². The molecule has 2 rings (SSSR count). The zero-order valence-corrected chi connectivity index (χ0v) is 12.3. The number of benzene rings is 1. The molecule has 2 N–H and O–H groups in total. The highest BCUT2D eigenvalue weighted by atomic mass is 16.7. The fraction of sp³-hybridized carbons (Fsp3) is 0.533. The van der Waals surface area contributed by atoms with E-state index in [1.54, 1.807) is 0 Å². The Morgan fingerprint density at radius 1 is 1.25 bits per heavy atom. The third-order valence-electron chi connectivity index (χ3n) is 2.93. The molecule has 0 unspecified atom stereocenters. The first-order valence-electron chi connectivity index (χ1n) is 6.84. The molecule has 0 radical (unpaired) electrons. The molecule has 0 spiro atoms. The van der Waals surface area contributed by atoms with Crippen molar-refractivity contribution in [3.8, 4) is 11.5 Å². The van der Waals surface area contributed by atoms with Crippen molar-refractivity contribution in [1.82, 2.24) is 10.6 Å². The summed E-state index contributed by atoms with van der Waals surface area (Å²) >= 11 is 0. The van der Waals surface area contributed by atoms with Gasteiger partial charge in [-0.15, -0.1) is 0 Å². The van der Waals surface area contributed by atoms with Gasteiger partial charge in [0.25, 0.3) is 0 Å². The summed E-state index contributed by atoms with van der Waals surface area (Å²) in [5.74, 6) is 1.54. The standard InChI is InChI=1S/C15H22N2O3/c1-15(2,3)17-7-6-14(18)16-9-11-4-5-12-13(8-11)20-10-19-12/h4-5,8,17H,6-7,9-10H2,1-3H3,(H,16,18). The monoisotopic (exact) mass is 278 g/mol. The van der Waals surface area contributed by atoms with E-state index in [9.17, 15) is 4.79 Å². The van der Waals surface area contributed by atoms with Crippen molar-refractivity contribution >= 4 is 5.91 Å². The van der Waals surface area contributed by atoms with Gasteiger partial charge < -0.3 is 20.1 Å². The number of hydrogen-bond donors (Lipinski definition) is 2. The van der Waals surface area contributed by atoms with Crippen LogP contribution < -0.4 is 20.1 Å². The van der Waals surface area contributed by atoms with Crippen LogP contribution in [-0.2, 0) is 11.3 Å². The first-order valence-corrected chi connectivity index (χ1v) is 6.84. The Morgan fingerprint density at radius 2 is 2.00 bits per heavy atom. The first kappa shape index (κ1) is 14.7. The van der Waals surface area contributed by atoms with Gasteiger partial charge >= 0.3 is 0 Å². The Hall–Kier alpha value is -1.75.